The first kappa shape index (κ1) is 17.8. The molecule has 8 nitrogen and oxygen atoms in total. The minimum atomic E-state index is -0.799. The highest BCUT2D eigenvalue weighted by Crippen LogP contribution is 2.13. The SMILES string of the molecule is O=C(CCCCSc1nc[nH]n1)ONC(=O)OCc1ccccc1. The molecule has 0 bridgehead atoms. The maximum absolute atomic E-state index is 11.5. The normalized spacial score (nSPS) is 10.2. The number of aromatic nitrogens is 3. The van der Waals surface area contributed by atoms with Crippen LogP contribution in [0.4, 0.5) is 4.79 Å². The van der Waals surface area contributed by atoms with Gasteiger partial charge in [0.25, 0.3) is 0 Å². The summed E-state index contributed by atoms with van der Waals surface area (Å²) in [4.78, 5) is 31.5. The van der Waals surface area contributed by atoms with Crippen molar-refractivity contribution in [2.24, 2.45) is 0 Å². The molecule has 1 amide bonds. The highest BCUT2D eigenvalue weighted by atomic mass is 32.2. The molecular formula is C15H18N4O4S. The molecule has 2 rings (SSSR count). The van der Waals surface area contributed by atoms with Crippen LogP contribution in [0.2, 0.25) is 0 Å². The first-order valence-corrected chi connectivity index (χ1v) is 8.37. The molecule has 9 heteroatoms. The Kier molecular flexibility index (Phi) is 7.61. The van der Waals surface area contributed by atoms with E-state index < -0.39 is 12.1 Å². The Balaban J connectivity index is 1.48. The van der Waals surface area contributed by atoms with Crippen molar-refractivity contribution in [1.82, 2.24) is 20.7 Å². The van der Waals surface area contributed by atoms with Crippen molar-refractivity contribution in [3.8, 4) is 0 Å². The second-order valence-electron chi connectivity index (χ2n) is 4.73. The molecule has 0 aliphatic rings. The first-order valence-electron chi connectivity index (χ1n) is 7.39. The summed E-state index contributed by atoms with van der Waals surface area (Å²) in [5.41, 5.74) is 2.83. The number of nitrogens with one attached hydrogen (secondary N) is 2. The summed E-state index contributed by atoms with van der Waals surface area (Å²) in [5.74, 6) is 0.298. The molecule has 0 radical (unpaired) electrons. The van der Waals surface area contributed by atoms with Gasteiger partial charge in [0.15, 0.2) is 0 Å². The zero-order valence-corrected chi connectivity index (χ0v) is 13.8. The predicted octanol–water partition coefficient (Wildman–Crippen LogP) is 2.45. The first-order chi connectivity index (χ1) is 11.7. The zero-order chi connectivity index (χ0) is 17.0. The summed E-state index contributed by atoms with van der Waals surface area (Å²) in [6, 6.07) is 9.22. The fourth-order valence-corrected chi connectivity index (χ4v) is 2.48. The summed E-state index contributed by atoms with van der Waals surface area (Å²) in [7, 11) is 0. The van der Waals surface area contributed by atoms with Gasteiger partial charge in [-0.15, -0.1) is 10.6 Å². The van der Waals surface area contributed by atoms with E-state index in [1.165, 1.54) is 18.1 Å². The van der Waals surface area contributed by atoms with Crippen LogP contribution in [0.15, 0.2) is 41.8 Å². The molecule has 2 aromatic rings. The van der Waals surface area contributed by atoms with Crippen LogP contribution in [0, 0.1) is 0 Å². The minimum absolute atomic E-state index is 0.114. The van der Waals surface area contributed by atoms with E-state index in [0.717, 1.165) is 17.7 Å². The third-order valence-electron chi connectivity index (χ3n) is 2.86. The van der Waals surface area contributed by atoms with Crippen LogP contribution in [0.5, 0.6) is 0 Å². The van der Waals surface area contributed by atoms with Crippen molar-refractivity contribution in [2.45, 2.75) is 31.0 Å². The fraction of sp³-hybridized carbons (Fsp3) is 0.333. The van der Waals surface area contributed by atoms with Crippen molar-refractivity contribution in [3.05, 3.63) is 42.2 Å². The summed E-state index contributed by atoms with van der Waals surface area (Å²) >= 11 is 1.51. The monoisotopic (exact) mass is 350 g/mol. The molecule has 0 unspecified atom stereocenters. The molecule has 0 saturated carbocycles. The number of rotatable bonds is 8. The third-order valence-corrected chi connectivity index (χ3v) is 3.81. The van der Waals surface area contributed by atoms with Crippen LogP contribution >= 0.6 is 11.8 Å². The van der Waals surface area contributed by atoms with Crippen molar-refractivity contribution >= 4 is 23.8 Å². The largest absolute Gasteiger partial charge is 0.443 e. The maximum Gasteiger partial charge on any atom is 0.441 e. The lowest BCUT2D eigenvalue weighted by Gasteiger charge is -2.07. The zero-order valence-electron chi connectivity index (χ0n) is 12.9. The van der Waals surface area contributed by atoms with Crippen LogP contribution < -0.4 is 5.48 Å². The van der Waals surface area contributed by atoms with E-state index in [-0.39, 0.29) is 13.0 Å². The number of thioether (sulfide) groups is 1. The van der Waals surface area contributed by atoms with Crippen LogP contribution in [-0.2, 0) is 21.0 Å². The second-order valence-corrected chi connectivity index (χ2v) is 5.79. The van der Waals surface area contributed by atoms with Gasteiger partial charge in [-0.3, -0.25) is 5.10 Å². The summed E-state index contributed by atoms with van der Waals surface area (Å²) < 4.78 is 4.92. The number of H-pyrrole nitrogens is 1. The van der Waals surface area contributed by atoms with Crippen molar-refractivity contribution in [1.29, 1.82) is 0 Å². The smallest absolute Gasteiger partial charge is 0.441 e. The number of unbranched alkanes of at least 4 members (excludes halogenated alkanes) is 1. The number of ether oxygens (including phenoxy) is 1. The van der Waals surface area contributed by atoms with Gasteiger partial charge in [-0.25, -0.2) is 14.6 Å². The lowest BCUT2D eigenvalue weighted by molar-refractivity contribution is -0.150. The van der Waals surface area contributed by atoms with Crippen LogP contribution in [0.3, 0.4) is 0 Å². The lowest BCUT2D eigenvalue weighted by atomic mass is 10.2. The summed E-state index contributed by atoms with van der Waals surface area (Å²) in [5, 5.41) is 7.22. The minimum Gasteiger partial charge on any atom is -0.443 e. The predicted molar refractivity (Wildman–Crippen MR) is 86.8 cm³/mol. The van der Waals surface area contributed by atoms with Gasteiger partial charge in [0, 0.05) is 12.2 Å². The number of aromatic amines is 1. The number of hydrogen-bond acceptors (Lipinski definition) is 7. The summed E-state index contributed by atoms with van der Waals surface area (Å²) in [6.45, 7) is 0.114. The van der Waals surface area contributed by atoms with E-state index in [1.54, 1.807) is 0 Å². The Bertz CT molecular complexity index is 622. The van der Waals surface area contributed by atoms with Crippen LogP contribution in [0.25, 0.3) is 0 Å². The average molecular weight is 350 g/mol. The van der Waals surface area contributed by atoms with Gasteiger partial charge < -0.3 is 9.57 Å². The molecule has 1 heterocycles. The average Bonchev–Trinajstić information content (AvgIpc) is 3.12. The summed E-state index contributed by atoms with van der Waals surface area (Å²) in [6.07, 6.45) is 2.40. The number of benzene rings is 1. The van der Waals surface area contributed by atoms with Crippen molar-refractivity contribution < 1.29 is 19.2 Å². The molecule has 1 aromatic heterocycles. The van der Waals surface area contributed by atoms with E-state index in [1.807, 2.05) is 35.8 Å². The number of carbonyl (C=O) groups excluding carboxylic acids is 2. The van der Waals surface area contributed by atoms with E-state index in [9.17, 15) is 9.59 Å². The van der Waals surface area contributed by atoms with E-state index >= 15 is 0 Å². The van der Waals surface area contributed by atoms with Gasteiger partial charge in [0.1, 0.15) is 12.9 Å². The molecule has 0 saturated heterocycles. The van der Waals surface area contributed by atoms with Gasteiger partial charge in [-0.2, -0.15) is 0 Å². The highest BCUT2D eigenvalue weighted by molar-refractivity contribution is 7.99. The van der Waals surface area contributed by atoms with Crippen LogP contribution in [0.1, 0.15) is 24.8 Å². The molecular weight excluding hydrogens is 332 g/mol. The molecule has 0 fully saturated rings. The molecule has 2 N–H and O–H groups in total. The van der Waals surface area contributed by atoms with Gasteiger partial charge in [0.05, 0.1) is 0 Å². The molecule has 0 atom stereocenters. The van der Waals surface area contributed by atoms with Crippen molar-refractivity contribution in [3.63, 3.8) is 0 Å². The van der Waals surface area contributed by atoms with Gasteiger partial charge in [-0.05, 0) is 18.4 Å². The Morgan fingerprint density at radius 3 is 2.79 bits per heavy atom. The van der Waals surface area contributed by atoms with Gasteiger partial charge >= 0.3 is 12.1 Å². The number of hydroxylamine groups is 1. The Morgan fingerprint density at radius 2 is 2.04 bits per heavy atom. The van der Waals surface area contributed by atoms with Crippen molar-refractivity contribution in [2.75, 3.05) is 5.75 Å². The Morgan fingerprint density at radius 1 is 1.21 bits per heavy atom. The maximum atomic E-state index is 11.5. The van der Waals surface area contributed by atoms with Gasteiger partial charge in [0.2, 0.25) is 5.16 Å². The standard InChI is InChI=1S/C15H18N4O4S/c20-13(8-4-5-9-24-14-16-11-17-18-14)23-19-15(21)22-10-12-6-2-1-3-7-12/h1-3,6-7,11H,4-5,8-10H2,(H,19,21)(H,16,17,18). The fourth-order valence-electron chi connectivity index (χ4n) is 1.70. The Hall–Kier alpha value is -2.55. The quantitative estimate of drug-likeness (QED) is 0.428. The van der Waals surface area contributed by atoms with E-state index in [4.69, 9.17) is 4.74 Å². The van der Waals surface area contributed by atoms with Gasteiger partial charge in [-0.1, -0.05) is 42.1 Å². The van der Waals surface area contributed by atoms with Crippen LogP contribution in [-0.4, -0.2) is 33.0 Å². The highest BCUT2D eigenvalue weighted by Gasteiger charge is 2.08. The second kappa shape index (κ2) is 10.3. The third kappa shape index (κ3) is 7.14. The number of carbonyl (C=O) groups is 2. The molecule has 24 heavy (non-hydrogen) atoms. The molecule has 1 aromatic carbocycles. The van der Waals surface area contributed by atoms with E-state index in [0.29, 0.717) is 11.6 Å². The number of nitrogens with zero attached hydrogens (tertiary/aromatic N) is 2. The Labute approximate surface area is 143 Å². The lowest BCUT2D eigenvalue weighted by Crippen LogP contribution is -2.27. The molecule has 0 aliphatic heterocycles. The van der Waals surface area contributed by atoms with E-state index in [2.05, 4.69) is 20.0 Å². The number of amides is 1. The number of hydrogen-bond donors (Lipinski definition) is 2. The molecule has 0 spiro atoms. The topological polar surface area (TPSA) is 106 Å². The molecule has 128 valence electrons. The molecule has 0 aliphatic carbocycles.